The topological polar surface area (TPSA) is 119 Å². The van der Waals surface area contributed by atoms with Crippen LogP contribution in [0.25, 0.3) is 22.5 Å². The van der Waals surface area contributed by atoms with E-state index < -0.39 is 47.3 Å². The molecule has 360 valence electrons. The van der Waals surface area contributed by atoms with Gasteiger partial charge in [0.1, 0.15) is 18.0 Å². The Labute approximate surface area is 390 Å². The number of unbranched alkanes of at least 4 members (excludes halogenated alkanes) is 2. The molecule has 0 aliphatic carbocycles. The summed E-state index contributed by atoms with van der Waals surface area (Å²) in [5.41, 5.74) is 4.40. The fourth-order valence-electron chi connectivity index (χ4n) is 7.16. The van der Waals surface area contributed by atoms with E-state index in [0.717, 1.165) is 67.5 Å². The standard InChI is InChI=1S/C27H28F3NO3.C26H25F4NO3/c1-3-4-8-25(34-24-15-9-19(17-18(24)2)10-16-26(32)33)23-7-5-6-22(31-23)20-11-13-21(14-12-20)27(28,29)30;1-2-3-7-24(34-23-14-8-17(16-20(23)27)9-15-25(32)33)22-6-4-5-21(31-22)18-10-12-19(13-11-18)26(28,29)30/h5-7,9,11-15,17,25H,3-4,8,10,16H2,1-2H3,(H,32,33);4-6,8,10-14,16,24H,2-3,7,9,15H2,1H3,(H,32,33)/t25-;24-/m11/s1. The van der Waals surface area contributed by atoms with Crippen molar-refractivity contribution in [1.82, 2.24) is 9.97 Å². The first-order valence-corrected chi connectivity index (χ1v) is 22.3. The van der Waals surface area contributed by atoms with E-state index in [1.165, 1.54) is 36.4 Å². The third kappa shape index (κ3) is 15.7. The van der Waals surface area contributed by atoms with Crippen LogP contribution in [0.5, 0.6) is 11.5 Å². The monoisotopic (exact) mass is 946 g/mol. The summed E-state index contributed by atoms with van der Waals surface area (Å²) in [7, 11) is 0. The highest BCUT2D eigenvalue weighted by molar-refractivity contribution is 5.67. The number of nitrogens with zero attached hydrogens (tertiary/aromatic N) is 2. The molecule has 6 aromatic rings. The summed E-state index contributed by atoms with van der Waals surface area (Å²) >= 11 is 0. The Morgan fingerprint density at radius 1 is 0.574 bits per heavy atom. The molecule has 8 nitrogen and oxygen atoms in total. The average molecular weight is 947 g/mol. The number of aromatic nitrogens is 2. The number of ether oxygens (including phenoxy) is 2. The predicted octanol–water partition coefficient (Wildman–Crippen LogP) is 14.6. The molecule has 15 heteroatoms. The molecule has 0 spiro atoms. The first-order valence-electron chi connectivity index (χ1n) is 22.3. The SMILES string of the molecule is CCCC[C@@H](Oc1ccc(CCC(=O)O)cc1C)c1cccc(-c2ccc(C(F)(F)F)cc2)n1.CCCC[C@@H](Oc1ccc(CCC(=O)O)cc1F)c1cccc(-c2ccc(C(F)(F)F)cc2)n1. The Kier molecular flexibility index (Phi) is 18.7. The second-order valence-electron chi connectivity index (χ2n) is 16.2. The van der Waals surface area contributed by atoms with Gasteiger partial charge < -0.3 is 19.7 Å². The van der Waals surface area contributed by atoms with Gasteiger partial charge in [0.25, 0.3) is 0 Å². The maximum absolute atomic E-state index is 14.7. The Hall–Kier alpha value is -6.77. The smallest absolute Gasteiger partial charge is 0.416 e. The molecular formula is C53H53F7N2O6. The lowest BCUT2D eigenvalue weighted by Crippen LogP contribution is -2.11. The summed E-state index contributed by atoms with van der Waals surface area (Å²) in [5, 5.41) is 17.7. The molecule has 0 aliphatic rings. The van der Waals surface area contributed by atoms with Crippen molar-refractivity contribution in [2.24, 2.45) is 0 Å². The molecule has 4 aromatic carbocycles. The molecular weight excluding hydrogens is 894 g/mol. The third-order valence-corrected chi connectivity index (χ3v) is 10.9. The van der Waals surface area contributed by atoms with Crippen molar-refractivity contribution in [2.45, 2.75) is 110 Å². The zero-order valence-electron chi connectivity index (χ0n) is 37.8. The second kappa shape index (κ2) is 24.3. The number of aliphatic carboxylic acids is 2. The average Bonchev–Trinajstić information content (AvgIpc) is 3.31. The zero-order chi connectivity index (χ0) is 49.4. The zero-order valence-corrected chi connectivity index (χ0v) is 37.8. The third-order valence-electron chi connectivity index (χ3n) is 10.9. The lowest BCUT2D eigenvalue weighted by molar-refractivity contribution is -0.138. The highest BCUT2D eigenvalue weighted by atomic mass is 19.4. The summed E-state index contributed by atoms with van der Waals surface area (Å²) in [4.78, 5) is 30.9. The molecule has 0 unspecified atom stereocenters. The van der Waals surface area contributed by atoms with E-state index in [0.29, 0.717) is 58.1 Å². The van der Waals surface area contributed by atoms with Crippen LogP contribution >= 0.6 is 0 Å². The van der Waals surface area contributed by atoms with E-state index in [-0.39, 0.29) is 31.1 Å². The van der Waals surface area contributed by atoms with E-state index in [2.05, 4.69) is 11.9 Å². The van der Waals surface area contributed by atoms with Crippen LogP contribution in [0.2, 0.25) is 0 Å². The number of carbonyl (C=O) groups is 2. The minimum Gasteiger partial charge on any atom is -0.484 e. The van der Waals surface area contributed by atoms with Crippen LogP contribution in [-0.4, -0.2) is 32.1 Å². The molecule has 2 heterocycles. The Balaban J connectivity index is 0.000000254. The van der Waals surface area contributed by atoms with E-state index in [4.69, 9.17) is 24.7 Å². The molecule has 0 fully saturated rings. The summed E-state index contributed by atoms with van der Waals surface area (Å²) in [5.74, 6) is -1.66. The minimum atomic E-state index is -4.42. The van der Waals surface area contributed by atoms with Crippen LogP contribution in [0.4, 0.5) is 30.7 Å². The lowest BCUT2D eigenvalue weighted by atomic mass is 10.0. The Bertz CT molecular complexity index is 2400. The lowest BCUT2D eigenvalue weighted by Gasteiger charge is -2.21. The predicted molar refractivity (Wildman–Crippen MR) is 245 cm³/mol. The van der Waals surface area contributed by atoms with Crippen molar-refractivity contribution in [2.75, 3.05) is 0 Å². The summed E-state index contributed by atoms with van der Waals surface area (Å²) < 4.78 is 104. The van der Waals surface area contributed by atoms with Crippen LogP contribution in [-0.2, 0) is 34.8 Å². The van der Waals surface area contributed by atoms with E-state index in [1.54, 1.807) is 30.3 Å². The number of pyridine rings is 2. The quantitative estimate of drug-likeness (QED) is 0.0727. The number of aryl methyl sites for hydroxylation is 3. The van der Waals surface area contributed by atoms with Gasteiger partial charge in [0.15, 0.2) is 11.6 Å². The van der Waals surface area contributed by atoms with Gasteiger partial charge in [-0.25, -0.2) is 14.4 Å². The van der Waals surface area contributed by atoms with E-state index in [1.807, 2.05) is 44.2 Å². The van der Waals surface area contributed by atoms with Crippen molar-refractivity contribution >= 4 is 11.9 Å². The van der Waals surface area contributed by atoms with Crippen molar-refractivity contribution in [1.29, 1.82) is 0 Å². The maximum Gasteiger partial charge on any atom is 0.416 e. The van der Waals surface area contributed by atoms with E-state index in [9.17, 15) is 40.3 Å². The summed E-state index contributed by atoms with van der Waals surface area (Å²) in [6.45, 7) is 6.02. The van der Waals surface area contributed by atoms with Crippen LogP contribution in [0.3, 0.4) is 0 Å². The van der Waals surface area contributed by atoms with Gasteiger partial charge >= 0.3 is 24.3 Å². The fourth-order valence-corrected chi connectivity index (χ4v) is 7.16. The second-order valence-corrected chi connectivity index (χ2v) is 16.2. The van der Waals surface area contributed by atoms with Crippen LogP contribution in [0.1, 0.15) is 117 Å². The number of alkyl halides is 6. The van der Waals surface area contributed by atoms with E-state index >= 15 is 0 Å². The van der Waals surface area contributed by atoms with Gasteiger partial charge in [-0.1, -0.05) is 81.3 Å². The van der Waals surface area contributed by atoms with Gasteiger partial charge in [-0.3, -0.25) is 9.59 Å². The van der Waals surface area contributed by atoms with Gasteiger partial charge in [-0.15, -0.1) is 0 Å². The van der Waals surface area contributed by atoms with Crippen LogP contribution < -0.4 is 9.47 Å². The van der Waals surface area contributed by atoms with Crippen molar-refractivity contribution in [3.63, 3.8) is 0 Å². The molecule has 0 bridgehead atoms. The van der Waals surface area contributed by atoms with Gasteiger partial charge in [-0.2, -0.15) is 26.3 Å². The normalized spacial score (nSPS) is 12.4. The van der Waals surface area contributed by atoms with Crippen molar-refractivity contribution in [3.8, 4) is 34.0 Å². The van der Waals surface area contributed by atoms with Gasteiger partial charge in [-0.05, 0) is 129 Å². The number of hydrogen-bond donors (Lipinski definition) is 2. The molecule has 0 saturated heterocycles. The minimum absolute atomic E-state index is 0.0295. The first-order chi connectivity index (χ1) is 32.3. The number of carboxylic acid groups (broad SMARTS) is 2. The van der Waals surface area contributed by atoms with Crippen LogP contribution in [0.15, 0.2) is 121 Å². The molecule has 6 rings (SSSR count). The largest absolute Gasteiger partial charge is 0.484 e. The summed E-state index contributed by atoms with van der Waals surface area (Å²) in [6, 6.07) is 30.4. The number of carboxylic acids is 2. The number of halogens is 7. The van der Waals surface area contributed by atoms with Gasteiger partial charge in [0, 0.05) is 24.0 Å². The highest BCUT2D eigenvalue weighted by Crippen LogP contribution is 2.35. The Morgan fingerprint density at radius 2 is 0.985 bits per heavy atom. The molecule has 2 aromatic heterocycles. The Morgan fingerprint density at radius 3 is 1.37 bits per heavy atom. The molecule has 0 aliphatic heterocycles. The number of rotatable bonds is 20. The van der Waals surface area contributed by atoms with Crippen molar-refractivity contribution in [3.05, 3.63) is 166 Å². The molecule has 0 radical (unpaired) electrons. The molecule has 0 saturated carbocycles. The fraction of sp³-hybridized carbons (Fsp3) is 0.321. The maximum atomic E-state index is 14.7. The van der Waals surface area contributed by atoms with Gasteiger partial charge in [0.05, 0.1) is 33.9 Å². The van der Waals surface area contributed by atoms with Gasteiger partial charge in [0.2, 0.25) is 0 Å². The highest BCUT2D eigenvalue weighted by Gasteiger charge is 2.31. The molecule has 0 amide bonds. The molecule has 68 heavy (non-hydrogen) atoms. The number of benzene rings is 4. The van der Waals surface area contributed by atoms with Crippen LogP contribution in [0, 0.1) is 12.7 Å². The molecule has 2 N–H and O–H groups in total. The molecule has 2 atom stereocenters. The van der Waals surface area contributed by atoms with Crippen molar-refractivity contribution < 1.29 is 60.0 Å². The number of hydrogen-bond acceptors (Lipinski definition) is 6. The first kappa shape index (κ1) is 52.2. The summed E-state index contributed by atoms with van der Waals surface area (Å²) in [6.07, 6.45) is -4.16.